The molecule has 132 valence electrons. The smallest absolute Gasteiger partial charge is 0.309 e. The third-order valence-electron chi connectivity index (χ3n) is 4.04. The van der Waals surface area contributed by atoms with Crippen molar-refractivity contribution in [2.45, 2.75) is 32.1 Å². The Balaban J connectivity index is 1.91. The van der Waals surface area contributed by atoms with Crippen LogP contribution in [0.5, 0.6) is 0 Å². The number of carbonyl (C=O) groups is 2. The summed E-state index contributed by atoms with van der Waals surface area (Å²) in [5.74, 6) is -1.42. The number of aromatic amines is 1. The van der Waals surface area contributed by atoms with Gasteiger partial charge in [0.2, 0.25) is 0 Å². The molecule has 2 heterocycles. The second kappa shape index (κ2) is 7.61. The molecule has 0 atom stereocenters. The number of carboxylic acid groups (broad SMARTS) is 1. The Hall–Kier alpha value is -3.47. The summed E-state index contributed by atoms with van der Waals surface area (Å²) in [6.45, 7) is 0. The van der Waals surface area contributed by atoms with E-state index in [2.05, 4.69) is 26.3 Å². The second-order valence-corrected chi connectivity index (χ2v) is 5.96. The quantitative estimate of drug-likeness (QED) is 0.758. The van der Waals surface area contributed by atoms with Crippen molar-refractivity contribution in [2.75, 3.05) is 5.32 Å². The third-order valence-corrected chi connectivity index (χ3v) is 4.04. The largest absolute Gasteiger partial charge is 0.481 e. The Morgan fingerprint density at radius 3 is 2.85 bits per heavy atom. The summed E-state index contributed by atoms with van der Waals surface area (Å²) in [4.78, 5) is 34.3. The molecule has 3 N–H and O–H groups in total. The highest BCUT2D eigenvalue weighted by Gasteiger charge is 2.18. The van der Waals surface area contributed by atoms with Crippen LogP contribution in [0.15, 0.2) is 24.4 Å². The average molecular weight is 351 g/mol. The highest BCUT2D eigenvalue weighted by atomic mass is 16.4. The van der Waals surface area contributed by atoms with Gasteiger partial charge >= 0.3 is 5.97 Å². The molecule has 2 aromatic heterocycles. The van der Waals surface area contributed by atoms with Crippen LogP contribution in [-0.4, -0.2) is 31.9 Å². The van der Waals surface area contributed by atoms with Crippen LogP contribution in [0.25, 0.3) is 5.57 Å². The lowest BCUT2D eigenvalue weighted by Gasteiger charge is -2.17. The number of carboxylic acids is 1. The van der Waals surface area contributed by atoms with E-state index in [-0.39, 0.29) is 17.9 Å². The van der Waals surface area contributed by atoms with Gasteiger partial charge in [-0.2, -0.15) is 5.26 Å². The molecule has 0 radical (unpaired) electrons. The van der Waals surface area contributed by atoms with Gasteiger partial charge in [0.05, 0.1) is 29.7 Å². The zero-order chi connectivity index (χ0) is 18.5. The first-order chi connectivity index (χ1) is 12.6. The topological polar surface area (TPSA) is 132 Å². The van der Waals surface area contributed by atoms with Crippen molar-refractivity contribution in [1.29, 1.82) is 5.26 Å². The van der Waals surface area contributed by atoms with Crippen LogP contribution in [-0.2, 0) is 11.2 Å². The van der Waals surface area contributed by atoms with Gasteiger partial charge in [0, 0.05) is 0 Å². The van der Waals surface area contributed by atoms with Crippen molar-refractivity contribution in [3.63, 3.8) is 0 Å². The molecule has 2 aromatic rings. The Morgan fingerprint density at radius 1 is 1.35 bits per heavy atom. The van der Waals surface area contributed by atoms with Gasteiger partial charge in [-0.1, -0.05) is 6.08 Å². The molecule has 8 heteroatoms. The van der Waals surface area contributed by atoms with Gasteiger partial charge in [0.1, 0.15) is 11.8 Å². The number of H-pyrrole nitrogens is 1. The molecule has 1 amide bonds. The lowest BCUT2D eigenvalue weighted by atomic mass is 9.95. The number of nitrogens with one attached hydrogen (secondary N) is 2. The summed E-state index contributed by atoms with van der Waals surface area (Å²) in [5.41, 5.74) is 2.70. The fourth-order valence-corrected chi connectivity index (χ4v) is 2.83. The Bertz CT molecular complexity index is 923. The van der Waals surface area contributed by atoms with Crippen LogP contribution in [0.2, 0.25) is 0 Å². The Morgan fingerprint density at radius 2 is 2.19 bits per heavy atom. The van der Waals surface area contributed by atoms with E-state index < -0.39 is 11.9 Å². The summed E-state index contributed by atoms with van der Waals surface area (Å²) < 4.78 is 0. The first kappa shape index (κ1) is 17.4. The highest BCUT2D eigenvalue weighted by molar-refractivity contribution is 6.03. The van der Waals surface area contributed by atoms with Gasteiger partial charge in [-0.3, -0.25) is 14.6 Å². The van der Waals surface area contributed by atoms with Crippen LogP contribution in [0.1, 0.15) is 53.4 Å². The Labute approximate surface area is 149 Å². The van der Waals surface area contributed by atoms with Crippen molar-refractivity contribution in [3.05, 3.63) is 47.3 Å². The normalized spacial score (nSPS) is 13.6. The zero-order valence-electron chi connectivity index (χ0n) is 14.0. The second-order valence-electron chi connectivity index (χ2n) is 5.96. The van der Waals surface area contributed by atoms with Gasteiger partial charge in [0.15, 0.2) is 5.82 Å². The van der Waals surface area contributed by atoms with Gasteiger partial charge < -0.3 is 15.4 Å². The van der Waals surface area contributed by atoms with E-state index in [1.54, 1.807) is 12.1 Å². The third kappa shape index (κ3) is 3.95. The lowest BCUT2D eigenvalue weighted by Crippen LogP contribution is -2.16. The van der Waals surface area contributed by atoms with Gasteiger partial charge in [-0.25, -0.2) is 4.98 Å². The molecule has 0 spiro atoms. The molecule has 8 nitrogen and oxygen atoms in total. The molecule has 0 bridgehead atoms. The minimum atomic E-state index is -0.961. The van der Waals surface area contributed by atoms with Crippen molar-refractivity contribution in [1.82, 2.24) is 15.0 Å². The van der Waals surface area contributed by atoms with Gasteiger partial charge in [-0.05, 0) is 43.4 Å². The molecule has 0 saturated carbocycles. The summed E-state index contributed by atoms with van der Waals surface area (Å²) in [5, 5.41) is 20.6. The van der Waals surface area contributed by atoms with E-state index in [4.69, 9.17) is 10.4 Å². The molecule has 1 aliphatic carbocycles. The molecule has 0 unspecified atom stereocenters. The summed E-state index contributed by atoms with van der Waals surface area (Å²) in [6.07, 6.45) is 7.05. The van der Waals surface area contributed by atoms with Gasteiger partial charge in [-0.15, -0.1) is 0 Å². The number of amides is 1. The Kier molecular flexibility index (Phi) is 5.08. The molecule has 0 saturated heterocycles. The van der Waals surface area contributed by atoms with Crippen LogP contribution < -0.4 is 5.32 Å². The number of rotatable bonds is 5. The first-order valence-corrected chi connectivity index (χ1v) is 8.24. The molecule has 0 fully saturated rings. The maximum absolute atomic E-state index is 12.4. The number of allylic oxidation sites excluding steroid dienone is 2. The number of nitrogens with zero attached hydrogens (tertiary/aromatic N) is 3. The van der Waals surface area contributed by atoms with Crippen molar-refractivity contribution in [3.8, 4) is 6.07 Å². The monoisotopic (exact) mass is 351 g/mol. The van der Waals surface area contributed by atoms with E-state index in [0.717, 1.165) is 31.3 Å². The SMILES string of the molecule is N#Cc1cnc(C(=O)Nc2ccc(CC(=O)O)nc2C2=CCCCC2)[nH]1. The number of imidazole rings is 1. The van der Waals surface area contributed by atoms with Crippen molar-refractivity contribution < 1.29 is 14.7 Å². The number of hydrogen-bond donors (Lipinski definition) is 3. The fraction of sp³-hybridized carbons (Fsp3) is 0.278. The predicted octanol–water partition coefficient (Wildman–Crippen LogP) is 2.51. The average Bonchev–Trinajstić information content (AvgIpc) is 3.12. The van der Waals surface area contributed by atoms with E-state index in [9.17, 15) is 9.59 Å². The number of anilines is 1. The van der Waals surface area contributed by atoms with Crippen LogP contribution in [0.3, 0.4) is 0 Å². The van der Waals surface area contributed by atoms with Gasteiger partial charge in [0.25, 0.3) is 5.91 Å². The summed E-state index contributed by atoms with van der Waals surface area (Å²) >= 11 is 0. The van der Waals surface area contributed by atoms with Crippen LogP contribution >= 0.6 is 0 Å². The van der Waals surface area contributed by atoms with Crippen LogP contribution in [0, 0.1) is 11.3 Å². The number of aromatic nitrogens is 3. The summed E-state index contributed by atoms with van der Waals surface area (Å²) in [7, 11) is 0. The molecular formula is C18H17N5O3. The lowest BCUT2D eigenvalue weighted by molar-refractivity contribution is -0.136. The van der Waals surface area contributed by atoms with Crippen LogP contribution in [0.4, 0.5) is 5.69 Å². The van der Waals surface area contributed by atoms with Crippen molar-refractivity contribution >= 4 is 23.1 Å². The first-order valence-electron chi connectivity index (χ1n) is 8.24. The minimum Gasteiger partial charge on any atom is -0.481 e. The van der Waals surface area contributed by atoms with E-state index in [1.165, 1.54) is 6.20 Å². The number of nitriles is 1. The number of pyridine rings is 1. The molecule has 0 aromatic carbocycles. The molecular weight excluding hydrogens is 334 g/mol. The standard InChI is InChI=1S/C18H17N5O3/c19-9-13-10-20-17(22-13)18(26)23-14-7-6-12(8-15(24)25)21-16(14)11-4-2-1-3-5-11/h4,6-7,10H,1-3,5,8H2,(H,20,22)(H,23,26)(H,24,25). The minimum absolute atomic E-state index is 0.0275. The molecule has 0 aliphatic heterocycles. The number of carbonyl (C=O) groups excluding carboxylic acids is 1. The zero-order valence-corrected chi connectivity index (χ0v) is 14.0. The molecule has 1 aliphatic rings. The predicted molar refractivity (Wildman–Crippen MR) is 93.3 cm³/mol. The summed E-state index contributed by atoms with van der Waals surface area (Å²) in [6, 6.07) is 5.12. The number of hydrogen-bond acceptors (Lipinski definition) is 5. The fourth-order valence-electron chi connectivity index (χ4n) is 2.83. The van der Waals surface area contributed by atoms with E-state index in [1.807, 2.05) is 6.07 Å². The highest BCUT2D eigenvalue weighted by Crippen LogP contribution is 2.30. The maximum atomic E-state index is 12.4. The van der Waals surface area contributed by atoms with Crippen molar-refractivity contribution in [2.24, 2.45) is 0 Å². The maximum Gasteiger partial charge on any atom is 0.309 e. The number of aliphatic carboxylic acids is 1. The van der Waals surface area contributed by atoms with E-state index >= 15 is 0 Å². The van der Waals surface area contributed by atoms with E-state index in [0.29, 0.717) is 17.1 Å². The molecule has 26 heavy (non-hydrogen) atoms. The molecule has 3 rings (SSSR count).